The number of nitrogens with zero attached hydrogens (tertiary/aromatic N) is 6. The molecule has 150 valence electrons. The molecule has 1 saturated heterocycles. The number of benzene rings is 1. The van der Waals surface area contributed by atoms with Crippen molar-refractivity contribution in [3.63, 3.8) is 0 Å². The summed E-state index contributed by atoms with van der Waals surface area (Å²) >= 11 is 0. The molecule has 0 bridgehead atoms. The van der Waals surface area contributed by atoms with E-state index in [1.165, 1.54) is 12.8 Å². The second-order valence-electron chi connectivity index (χ2n) is 8.13. The van der Waals surface area contributed by atoms with Crippen molar-refractivity contribution in [1.29, 1.82) is 0 Å². The summed E-state index contributed by atoms with van der Waals surface area (Å²) in [7, 11) is 0. The fourth-order valence-electron chi connectivity index (χ4n) is 4.48. The van der Waals surface area contributed by atoms with Gasteiger partial charge in [0.05, 0.1) is 17.2 Å². The van der Waals surface area contributed by atoms with Crippen molar-refractivity contribution in [2.45, 2.75) is 38.6 Å². The number of hydrogen-bond donors (Lipinski definition) is 0. The molecule has 0 radical (unpaired) electrons. The quantitative estimate of drug-likeness (QED) is 0.685. The van der Waals surface area contributed by atoms with Crippen LogP contribution in [0.1, 0.15) is 37.3 Å². The maximum absolute atomic E-state index is 12.9. The third-order valence-corrected chi connectivity index (χ3v) is 6.18. The number of fused-ring (bicyclic) bond motifs is 1. The number of piperazine rings is 1. The van der Waals surface area contributed by atoms with Gasteiger partial charge in [-0.15, -0.1) is 0 Å². The summed E-state index contributed by atoms with van der Waals surface area (Å²) in [6.07, 6.45) is 10.0. The topological polar surface area (TPSA) is 67.2 Å². The lowest BCUT2D eigenvalue weighted by atomic mass is 10.1. The van der Waals surface area contributed by atoms with Crippen molar-refractivity contribution in [2.75, 3.05) is 36.0 Å². The van der Waals surface area contributed by atoms with E-state index in [0.717, 1.165) is 67.1 Å². The molecule has 1 saturated carbocycles. The first kappa shape index (κ1) is 18.1. The van der Waals surface area contributed by atoms with Gasteiger partial charge in [0.25, 0.3) is 5.56 Å². The summed E-state index contributed by atoms with van der Waals surface area (Å²) in [4.78, 5) is 31.0. The maximum atomic E-state index is 12.9. The van der Waals surface area contributed by atoms with E-state index in [2.05, 4.69) is 30.8 Å². The number of aryl methyl sites for hydroxylation is 1. The monoisotopic (exact) mass is 390 g/mol. The highest BCUT2D eigenvalue weighted by molar-refractivity contribution is 5.81. The van der Waals surface area contributed by atoms with Crippen molar-refractivity contribution in [3.05, 3.63) is 52.8 Å². The predicted molar refractivity (Wildman–Crippen MR) is 115 cm³/mol. The van der Waals surface area contributed by atoms with Crippen molar-refractivity contribution in [2.24, 2.45) is 0 Å². The molecule has 0 unspecified atom stereocenters. The highest BCUT2D eigenvalue weighted by atomic mass is 16.1. The fraction of sp³-hybridized carbons (Fsp3) is 0.455. The standard InChI is InChI=1S/C22H26N6O/c1-16-13-23-22(24-14-16)27-10-8-26(9-11-27)18-6-7-19-20(12-18)25-15-28(21(19)29)17-4-2-3-5-17/h6-7,12-15,17H,2-5,8-11H2,1H3. The summed E-state index contributed by atoms with van der Waals surface area (Å²) in [5, 5.41) is 0.717. The van der Waals surface area contributed by atoms with Crippen LogP contribution in [0.15, 0.2) is 41.7 Å². The van der Waals surface area contributed by atoms with E-state index >= 15 is 0 Å². The van der Waals surface area contributed by atoms with Crippen LogP contribution in [0, 0.1) is 6.92 Å². The van der Waals surface area contributed by atoms with Crippen LogP contribution in [0.25, 0.3) is 10.9 Å². The fourth-order valence-corrected chi connectivity index (χ4v) is 4.48. The predicted octanol–water partition coefficient (Wildman–Crippen LogP) is 2.94. The lowest BCUT2D eigenvalue weighted by Gasteiger charge is -2.36. The molecule has 7 heteroatoms. The lowest BCUT2D eigenvalue weighted by Crippen LogP contribution is -2.47. The first-order chi connectivity index (χ1) is 14.2. The average Bonchev–Trinajstić information content (AvgIpc) is 3.29. The normalized spacial score (nSPS) is 18.0. The summed E-state index contributed by atoms with van der Waals surface area (Å²) in [6, 6.07) is 6.37. The first-order valence-electron chi connectivity index (χ1n) is 10.5. The van der Waals surface area contributed by atoms with Gasteiger partial charge in [-0.05, 0) is 43.5 Å². The van der Waals surface area contributed by atoms with E-state index < -0.39 is 0 Å². The summed E-state index contributed by atoms with van der Waals surface area (Å²) < 4.78 is 1.84. The maximum Gasteiger partial charge on any atom is 0.261 e. The van der Waals surface area contributed by atoms with Gasteiger partial charge in [0.15, 0.2) is 0 Å². The van der Waals surface area contributed by atoms with Crippen molar-refractivity contribution in [3.8, 4) is 0 Å². The third kappa shape index (κ3) is 3.45. The minimum atomic E-state index is 0.0924. The van der Waals surface area contributed by atoms with Crippen molar-refractivity contribution < 1.29 is 0 Å². The van der Waals surface area contributed by atoms with Crippen LogP contribution < -0.4 is 15.4 Å². The zero-order valence-electron chi connectivity index (χ0n) is 16.8. The van der Waals surface area contributed by atoms with Gasteiger partial charge in [-0.25, -0.2) is 15.0 Å². The molecule has 0 N–H and O–H groups in total. The van der Waals surface area contributed by atoms with Crippen LogP contribution in [0.4, 0.5) is 11.6 Å². The second kappa shape index (κ2) is 7.46. The van der Waals surface area contributed by atoms with E-state index in [1.54, 1.807) is 6.33 Å². The van der Waals surface area contributed by atoms with Crippen LogP contribution in [-0.2, 0) is 0 Å². The molecule has 0 spiro atoms. The molecule has 29 heavy (non-hydrogen) atoms. The van der Waals surface area contributed by atoms with Gasteiger partial charge in [0, 0.05) is 50.3 Å². The molecule has 7 nitrogen and oxygen atoms in total. The van der Waals surface area contributed by atoms with Crippen LogP contribution in [0.3, 0.4) is 0 Å². The van der Waals surface area contributed by atoms with Gasteiger partial charge in [-0.1, -0.05) is 12.8 Å². The molecule has 0 atom stereocenters. The first-order valence-corrected chi connectivity index (χ1v) is 10.5. The number of aromatic nitrogens is 4. The minimum absolute atomic E-state index is 0.0924. The Kier molecular flexibility index (Phi) is 4.66. The van der Waals surface area contributed by atoms with E-state index in [1.807, 2.05) is 36.0 Å². The Hall–Kier alpha value is -2.96. The van der Waals surface area contributed by atoms with Crippen molar-refractivity contribution in [1.82, 2.24) is 19.5 Å². The van der Waals surface area contributed by atoms with Crippen LogP contribution in [-0.4, -0.2) is 45.7 Å². The van der Waals surface area contributed by atoms with E-state index in [9.17, 15) is 4.79 Å². The lowest BCUT2D eigenvalue weighted by molar-refractivity contribution is 0.499. The molecular weight excluding hydrogens is 364 g/mol. The van der Waals surface area contributed by atoms with E-state index in [-0.39, 0.29) is 5.56 Å². The van der Waals surface area contributed by atoms with Gasteiger partial charge in [0.2, 0.25) is 5.95 Å². The molecule has 2 aliphatic rings. The highest BCUT2D eigenvalue weighted by Gasteiger charge is 2.21. The van der Waals surface area contributed by atoms with Gasteiger partial charge in [-0.3, -0.25) is 9.36 Å². The molecule has 2 aromatic heterocycles. The van der Waals surface area contributed by atoms with E-state index in [0.29, 0.717) is 6.04 Å². The molecule has 5 rings (SSSR count). The third-order valence-electron chi connectivity index (χ3n) is 6.18. The molecular formula is C22H26N6O. The number of rotatable bonds is 3. The van der Waals surface area contributed by atoms with Crippen LogP contribution in [0.5, 0.6) is 0 Å². The van der Waals surface area contributed by atoms with E-state index in [4.69, 9.17) is 0 Å². The Morgan fingerprint density at radius 2 is 1.62 bits per heavy atom. The molecule has 1 aliphatic carbocycles. The zero-order valence-corrected chi connectivity index (χ0v) is 16.8. The Bertz CT molecular complexity index is 1060. The SMILES string of the molecule is Cc1cnc(N2CCN(c3ccc4c(=O)n(C5CCCC5)cnc4c3)CC2)nc1. The number of hydrogen-bond acceptors (Lipinski definition) is 6. The largest absolute Gasteiger partial charge is 0.368 e. The van der Waals surface area contributed by atoms with Crippen LogP contribution >= 0.6 is 0 Å². The highest BCUT2D eigenvalue weighted by Crippen LogP contribution is 2.28. The Labute approximate surface area is 170 Å². The van der Waals surface area contributed by atoms with Gasteiger partial charge < -0.3 is 9.80 Å². The molecule has 3 heterocycles. The molecule has 1 aliphatic heterocycles. The molecule has 1 aromatic carbocycles. The van der Waals surface area contributed by atoms with Gasteiger partial charge in [-0.2, -0.15) is 0 Å². The van der Waals surface area contributed by atoms with Gasteiger partial charge in [0.1, 0.15) is 0 Å². The average molecular weight is 390 g/mol. The molecule has 3 aromatic rings. The number of anilines is 2. The minimum Gasteiger partial charge on any atom is -0.368 e. The summed E-state index contributed by atoms with van der Waals surface area (Å²) in [5.74, 6) is 0.794. The Morgan fingerprint density at radius 1 is 0.931 bits per heavy atom. The molecule has 0 amide bonds. The molecule has 2 fully saturated rings. The van der Waals surface area contributed by atoms with Gasteiger partial charge >= 0.3 is 0 Å². The summed E-state index contributed by atoms with van der Waals surface area (Å²) in [5.41, 5.74) is 3.07. The summed E-state index contributed by atoms with van der Waals surface area (Å²) in [6.45, 7) is 5.53. The Balaban J connectivity index is 1.34. The second-order valence-corrected chi connectivity index (χ2v) is 8.13. The smallest absolute Gasteiger partial charge is 0.261 e. The van der Waals surface area contributed by atoms with Crippen LogP contribution in [0.2, 0.25) is 0 Å². The Morgan fingerprint density at radius 3 is 2.34 bits per heavy atom. The van der Waals surface area contributed by atoms with Crippen molar-refractivity contribution >= 4 is 22.5 Å². The zero-order chi connectivity index (χ0) is 19.8.